The standard InChI is InChI=1S/C17H29NO2S/c1-8-18-21(19,20)17-15(12(4)5)9-14(11(2)3)10-16(17)13(6)7/h9-13,18H,8H2,1-7H3. The van der Waals surface area contributed by atoms with Gasteiger partial charge < -0.3 is 0 Å². The lowest BCUT2D eigenvalue weighted by molar-refractivity contribution is 0.578. The maximum Gasteiger partial charge on any atom is 0.241 e. The maximum atomic E-state index is 12.7. The Labute approximate surface area is 130 Å². The van der Waals surface area contributed by atoms with Crippen molar-refractivity contribution in [3.8, 4) is 0 Å². The van der Waals surface area contributed by atoms with E-state index in [4.69, 9.17) is 0 Å². The molecule has 0 bridgehead atoms. The number of nitrogens with one attached hydrogen (secondary N) is 1. The number of sulfonamides is 1. The van der Waals surface area contributed by atoms with E-state index in [1.165, 1.54) is 5.56 Å². The summed E-state index contributed by atoms with van der Waals surface area (Å²) in [5.74, 6) is 0.727. The molecule has 1 N–H and O–H groups in total. The number of hydrogen-bond donors (Lipinski definition) is 1. The van der Waals surface area contributed by atoms with Crippen molar-refractivity contribution in [2.45, 2.75) is 71.1 Å². The van der Waals surface area contributed by atoms with Crippen molar-refractivity contribution in [1.29, 1.82) is 0 Å². The van der Waals surface area contributed by atoms with E-state index in [1.54, 1.807) is 0 Å². The van der Waals surface area contributed by atoms with E-state index in [0.29, 0.717) is 17.4 Å². The van der Waals surface area contributed by atoms with Gasteiger partial charge in [-0.1, -0.05) is 60.6 Å². The van der Waals surface area contributed by atoms with Gasteiger partial charge in [-0.15, -0.1) is 0 Å². The maximum absolute atomic E-state index is 12.7. The van der Waals surface area contributed by atoms with E-state index in [9.17, 15) is 8.42 Å². The van der Waals surface area contributed by atoms with E-state index in [1.807, 2.05) is 6.92 Å². The van der Waals surface area contributed by atoms with Crippen LogP contribution in [0.3, 0.4) is 0 Å². The predicted molar refractivity (Wildman–Crippen MR) is 89.6 cm³/mol. The molecule has 0 aliphatic rings. The average molecular weight is 311 g/mol. The van der Waals surface area contributed by atoms with Crippen molar-refractivity contribution in [3.05, 3.63) is 28.8 Å². The van der Waals surface area contributed by atoms with Crippen molar-refractivity contribution in [2.24, 2.45) is 0 Å². The van der Waals surface area contributed by atoms with Crippen LogP contribution in [0, 0.1) is 0 Å². The van der Waals surface area contributed by atoms with Gasteiger partial charge in [0.15, 0.2) is 0 Å². The van der Waals surface area contributed by atoms with Crippen molar-refractivity contribution in [1.82, 2.24) is 4.72 Å². The number of hydrogen-bond acceptors (Lipinski definition) is 2. The van der Waals surface area contributed by atoms with Gasteiger partial charge >= 0.3 is 0 Å². The molecule has 0 fully saturated rings. The van der Waals surface area contributed by atoms with Crippen LogP contribution in [0.1, 0.15) is 82.9 Å². The topological polar surface area (TPSA) is 46.2 Å². The minimum Gasteiger partial charge on any atom is -0.211 e. The summed E-state index contributed by atoms with van der Waals surface area (Å²) in [5.41, 5.74) is 3.05. The Morgan fingerprint density at radius 3 is 1.62 bits per heavy atom. The lowest BCUT2D eigenvalue weighted by Crippen LogP contribution is -2.26. The van der Waals surface area contributed by atoms with Gasteiger partial charge in [0.2, 0.25) is 10.0 Å². The lowest BCUT2D eigenvalue weighted by Gasteiger charge is -2.22. The summed E-state index contributed by atoms with van der Waals surface area (Å²) in [7, 11) is -3.45. The van der Waals surface area contributed by atoms with Crippen LogP contribution in [-0.2, 0) is 10.0 Å². The zero-order valence-electron chi connectivity index (χ0n) is 14.3. The molecule has 0 aliphatic heterocycles. The largest absolute Gasteiger partial charge is 0.241 e. The molecule has 3 nitrogen and oxygen atoms in total. The quantitative estimate of drug-likeness (QED) is 0.848. The Morgan fingerprint density at radius 2 is 1.33 bits per heavy atom. The first-order chi connectivity index (χ1) is 9.61. The first-order valence-electron chi connectivity index (χ1n) is 7.79. The summed E-state index contributed by atoms with van der Waals surface area (Å²) in [6, 6.07) is 4.12. The van der Waals surface area contributed by atoms with Gasteiger partial charge in [0.05, 0.1) is 4.90 Å². The Bertz CT molecular complexity index is 558. The second-order valence-corrected chi connectivity index (χ2v) is 8.20. The average Bonchev–Trinajstić information content (AvgIpc) is 2.36. The highest BCUT2D eigenvalue weighted by Gasteiger charge is 2.26. The zero-order valence-corrected chi connectivity index (χ0v) is 15.1. The van der Waals surface area contributed by atoms with Crippen LogP contribution in [0.5, 0.6) is 0 Å². The third kappa shape index (κ3) is 4.07. The molecule has 1 aromatic rings. The van der Waals surface area contributed by atoms with Crippen molar-refractivity contribution >= 4 is 10.0 Å². The van der Waals surface area contributed by atoms with Crippen molar-refractivity contribution < 1.29 is 8.42 Å². The molecule has 4 heteroatoms. The fraction of sp³-hybridized carbons (Fsp3) is 0.647. The normalized spacial score (nSPS) is 12.7. The fourth-order valence-corrected chi connectivity index (χ4v) is 4.20. The molecule has 0 saturated carbocycles. The minimum atomic E-state index is -3.45. The van der Waals surface area contributed by atoms with Crippen molar-refractivity contribution in [3.63, 3.8) is 0 Å². The molecule has 0 aromatic heterocycles. The number of rotatable bonds is 6. The lowest BCUT2D eigenvalue weighted by atomic mass is 9.89. The summed E-state index contributed by atoms with van der Waals surface area (Å²) in [5, 5.41) is 0. The summed E-state index contributed by atoms with van der Waals surface area (Å²) >= 11 is 0. The molecule has 0 heterocycles. The second-order valence-electron chi connectivity index (χ2n) is 6.49. The highest BCUT2D eigenvalue weighted by Crippen LogP contribution is 2.34. The first kappa shape index (κ1) is 18.2. The summed E-state index contributed by atoms with van der Waals surface area (Å²) in [6.07, 6.45) is 0. The van der Waals surface area contributed by atoms with Crippen LogP contribution in [0.25, 0.3) is 0 Å². The molecule has 120 valence electrons. The monoisotopic (exact) mass is 311 g/mol. The Morgan fingerprint density at radius 1 is 0.905 bits per heavy atom. The zero-order chi connectivity index (χ0) is 16.4. The van der Waals surface area contributed by atoms with Crippen LogP contribution in [0.15, 0.2) is 17.0 Å². The third-order valence-electron chi connectivity index (χ3n) is 3.68. The molecule has 0 atom stereocenters. The molecule has 21 heavy (non-hydrogen) atoms. The molecule has 0 spiro atoms. The SMILES string of the molecule is CCNS(=O)(=O)c1c(C(C)C)cc(C(C)C)cc1C(C)C. The van der Waals surface area contributed by atoms with Crippen molar-refractivity contribution in [2.75, 3.05) is 6.54 Å². The third-order valence-corrected chi connectivity index (χ3v) is 5.36. The van der Waals surface area contributed by atoms with Crippen LogP contribution in [0.4, 0.5) is 0 Å². The summed E-state index contributed by atoms with van der Waals surface area (Å²) < 4.78 is 28.0. The molecule has 0 saturated heterocycles. The Hall–Kier alpha value is -0.870. The van der Waals surface area contributed by atoms with Gasteiger partial charge in [0, 0.05) is 6.54 Å². The molecule has 0 aliphatic carbocycles. The van der Waals surface area contributed by atoms with Gasteiger partial charge in [-0.25, -0.2) is 13.1 Å². The van der Waals surface area contributed by atoms with E-state index in [2.05, 4.69) is 58.4 Å². The summed E-state index contributed by atoms with van der Waals surface area (Å²) in [4.78, 5) is 0.485. The van der Waals surface area contributed by atoms with Gasteiger partial charge in [0.1, 0.15) is 0 Å². The van der Waals surface area contributed by atoms with E-state index in [-0.39, 0.29) is 11.8 Å². The Balaban J connectivity index is 3.74. The van der Waals surface area contributed by atoms with Crippen LogP contribution in [-0.4, -0.2) is 15.0 Å². The van der Waals surface area contributed by atoms with Gasteiger partial charge in [0.25, 0.3) is 0 Å². The second kappa shape index (κ2) is 6.93. The smallest absolute Gasteiger partial charge is 0.211 e. The molecule has 0 unspecified atom stereocenters. The van der Waals surface area contributed by atoms with E-state index < -0.39 is 10.0 Å². The van der Waals surface area contributed by atoms with Gasteiger partial charge in [-0.3, -0.25) is 0 Å². The predicted octanol–water partition coefficient (Wildman–Crippen LogP) is 4.36. The van der Waals surface area contributed by atoms with E-state index in [0.717, 1.165) is 11.1 Å². The van der Waals surface area contributed by atoms with Crippen LogP contribution < -0.4 is 4.72 Å². The Kier molecular flexibility index (Phi) is 6.00. The highest BCUT2D eigenvalue weighted by atomic mass is 32.2. The number of benzene rings is 1. The van der Waals surface area contributed by atoms with Gasteiger partial charge in [-0.05, 0) is 34.4 Å². The molecule has 0 radical (unpaired) electrons. The fourth-order valence-electron chi connectivity index (χ4n) is 2.46. The van der Waals surface area contributed by atoms with Crippen LogP contribution in [0.2, 0.25) is 0 Å². The molecule has 1 rings (SSSR count). The molecule has 0 amide bonds. The van der Waals surface area contributed by atoms with Gasteiger partial charge in [-0.2, -0.15) is 0 Å². The molecular formula is C17H29NO2S. The highest BCUT2D eigenvalue weighted by molar-refractivity contribution is 7.89. The minimum absolute atomic E-state index is 0.171. The molecule has 1 aromatic carbocycles. The van der Waals surface area contributed by atoms with E-state index >= 15 is 0 Å². The first-order valence-corrected chi connectivity index (χ1v) is 9.27. The summed E-state index contributed by atoms with van der Waals surface area (Å²) in [6.45, 7) is 14.7. The molecular weight excluding hydrogens is 282 g/mol. The van der Waals surface area contributed by atoms with Crippen LogP contribution >= 0.6 is 0 Å².